The number of nitrogens with two attached hydrogens (primary N) is 1. The first-order chi connectivity index (χ1) is 10.5. The van der Waals surface area contributed by atoms with Crippen molar-refractivity contribution in [2.24, 2.45) is 5.73 Å². The summed E-state index contributed by atoms with van der Waals surface area (Å²) < 4.78 is 6.13. The molecule has 4 nitrogen and oxygen atoms in total. The van der Waals surface area contributed by atoms with E-state index in [9.17, 15) is 4.79 Å². The minimum absolute atomic E-state index is 0. The minimum atomic E-state index is -0.197. The second kappa shape index (κ2) is 6.36. The molecule has 1 heterocycles. The van der Waals surface area contributed by atoms with E-state index in [1.807, 2.05) is 63.2 Å². The van der Waals surface area contributed by atoms with Crippen LogP contribution in [0.25, 0.3) is 22.3 Å². The summed E-state index contributed by atoms with van der Waals surface area (Å²) in [5.41, 5.74) is 10.1. The van der Waals surface area contributed by atoms with Crippen LogP contribution in [-0.2, 0) is 0 Å². The van der Waals surface area contributed by atoms with E-state index in [1.54, 1.807) is 0 Å². The van der Waals surface area contributed by atoms with Gasteiger partial charge >= 0.3 is 0 Å². The molecule has 0 aliphatic heterocycles. The normalized spacial score (nSPS) is 12.0. The van der Waals surface area contributed by atoms with E-state index in [2.05, 4.69) is 0 Å². The maximum atomic E-state index is 12.7. The Bertz CT molecular complexity index is 897. The molecular formula is C19H22N2O2. The highest BCUT2D eigenvalue weighted by atomic mass is 16.3. The van der Waals surface area contributed by atoms with Gasteiger partial charge in [-0.05, 0) is 32.4 Å². The highest BCUT2D eigenvalue weighted by molar-refractivity contribution is 5.84. The second-order valence-electron chi connectivity index (χ2n) is 5.77. The van der Waals surface area contributed by atoms with Crippen molar-refractivity contribution in [3.8, 4) is 11.3 Å². The van der Waals surface area contributed by atoms with Gasteiger partial charge in [0.2, 0.25) is 0 Å². The van der Waals surface area contributed by atoms with E-state index in [0.29, 0.717) is 22.3 Å². The number of benzene rings is 2. The van der Waals surface area contributed by atoms with Gasteiger partial charge in [0.05, 0.1) is 5.39 Å². The Hall–Kier alpha value is -2.43. The van der Waals surface area contributed by atoms with Crippen molar-refractivity contribution in [1.82, 2.24) is 6.15 Å². The average molecular weight is 310 g/mol. The molecule has 3 aromatic rings. The van der Waals surface area contributed by atoms with Crippen LogP contribution in [0.15, 0.2) is 51.7 Å². The van der Waals surface area contributed by atoms with Crippen molar-refractivity contribution in [3.63, 3.8) is 0 Å². The van der Waals surface area contributed by atoms with Crippen molar-refractivity contribution in [3.05, 3.63) is 69.4 Å². The Labute approximate surface area is 135 Å². The highest BCUT2D eigenvalue weighted by Crippen LogP contribution is 2.29. The Morgan fingerprint density at radius 3 is 2.35 bits per heavy atom. The number of fused-ring (bicyclic) bond motifs is 1. The third kappa shape index (κ3) is 2.91. The van der Waals surface area contributed by atoms with Crippen LogP contribution in [0.3, 0.4) is 0 Å². The fourth-order valence-corrected chi connectivity index (χ4v) is 2.77. The molecule has 23 heavy (non-hydrogen) atoms. The molecule has 120 valence electrons. The molecular weight excluding hydrogens is 288 g/mol. The molecule has 1 atom stereocenters. The smallest absolute Gasteiger partial charge is 0.196 e. The Morgan fingerprint density at radius 2 is 1.74 bits per heavy atom. The molecule has 1 aromatic heterocycles. The van der Waals surface area contributed by atoms with Crippen molar-refractivity contribution in [2.45, 2.75) is 26.8 Å². The monoisotopic (exact) mass is 310 g/mol. The van der Waals surface area contributed by atoms with Gasteiger partial charge < -0.3 is 16.3 Å². The predicted molar refractivity (Wildman–Crippen MR) is 95.0 cm³/mol. The van der Waals surface area contributed by atoms with Gasteiger partial charge in [0.1, 0.15) is 11.3 Å². The quantitative estimate of drug-likeness (QED) is 0.740. The van der Waals surface area contributed by atoms with Gasteiger partial charge in [0, 0.05) is 22.7 Å². The number of hydrogen-bond acceptors (Lipinski definition) is 4. The summed E-state index contributed by atoms with van der Waals surface area (Å²) in [6, 6.07) is 13.3. The first-order valence-corrected chi connectivity index (χ1v) is 7.38. The van der Waals surface area contributed by atoms with Gasteiger partial charge in [0.15, 0.2) is 5.43 Å². The number of aryl methyl sites for hydroxylation is 1. The maximum Gasteiger partial charge on any atom is 0.196 e. The summed E-state index contributed by atoms with van der Waals surface area (Å²) >= 11 is 0. The molecule has 0 unspecified atom stereocenters. The largest absolute Gasteiger partial charge is 0.455 e. The van der Waals surface area contributed by atoms with Crippen LogP contribution in [-0.4, -0.2) is 0 Å². The van der Waals surface area contributed by atoms with Crippen molar-refractivity contribution >= 4 is 11.0 Å². The molecule has 3 rings (SSSR count). The van der Waals surface area contributed by atoms with Crippen molar-refractivity contribution in [1.29, 1.82) is 0 Å². The molecule has 4 heteroatoms. The molecule has 0 saturated carbocycles. The van der Waals surface area contributed by atoms with Crippen LogP contribution in [0.2, 0.25) is 0 Å². The maximum absolute atomic E-state index is 12.7. The average Bonchev–Trinajstić information content (AvgIpc) is 2.51. The molecule has 0 aliphatic carbocycles. The summed E-state index contributed by atoms with van der Waals surface area (Å²) in [4.78, 5) is 12.7. The van der Waals surface area contributed by atoms with E-state index in [-0.39, 0.29) is 17.6 Å². The van der Waals surface area contributed by atoms with Gasteiger partial charge in [-0.15, -0.1) is 0 Å². The summed E-state index contributed by atoms with van der Waals surface area (Å²) in [7, 11) is 0. The van der Waals surface area contributed by atoms with E-state index in [0.717, 1.165) is 16.7 Å². The first-order valence-electron chi connectivity index (χ1n) is 7.38. The van der Waals surface area contributed by atoms with E-state index >= 15 is 0 Å². The number of hydrogen-bond donors (Lipinski definition) is 2. The standard InChI is InChI=1S/C19H19NO2.H3N/c1-11-9-15(13(3)20)19-16(10-11)17(21)12(2)18(22-19)14-7-5-4-6-8-14;/h4-10,13H,20H2,1-3H3;1H3/t13-;/m1./s1. The Morgan fingerprint density at radius 1 is 1.09 bits per heavy atom. The topological polar surface area (TPSA) is 91.2 Å². The van der Waals surface area contributed by atoms with Crippen LogP contribution in [0.1, 0.15) is 29.7 Å². The van der Waals surface area contributed by atoms with Gasteiger partial charge in [-0.25, -0.2) is 0 Å². The third-order valence-electron chi connectivity index (χ3n) is 3.92. The van der Waals surface area contributed by atoms with Gasteiger partial charge in [-0.3, -0.25) is 4.79 Å². The zero-order chi connectivity index (χ0) is 15.9. The fraction of sp³-hybridized carbons (Fsp3) is 0.211. The van der Waals surface area contributed by atoms with Crippen LogP contribution in [0, 0.1) is 13.8 Å². The lowest BCUT2D eigenvalue weighted by Crippen LogP contribution is -2.12. The SMILES string of the molecule is Cc1cc([C@@H](C)N)c2oc(-c3ccccc3)c(C)c(=O)c2c1.N. The lowest BCUT2D eigenvalue weighted by Gasteiger charge is -2.13. The minimum Gasteiger partial charge on any atom is -0.455 e. The lowest BCUT2D eigenvalue weighted by atomic mass is 9.99. The van der Waals surface area contributed by atoms with Crippen molar-refractivity contribution in [2.75, 3.05) is 0 Å². The van der Waals surface area contributed by atoms with Crippen LogP contribution < -0.4 is 17.3 Å². The summed E-state index contributed by atoms with van der Waals surface area (Å²) in [6.45, 7) is 5.67. The molecule has 0 bridgehead atoms. The molecule has 0 fully saturated rings. The summed E-state index contributed by atoms with van der Waals surface area (Å²) in [6.07, 6.45) is 0. The zero-order valence-corrected chi connectivity index (χ0v) is 13.7. The Kier molecular flexibility index (Phi) is 4.68. The second-order valence-corrected chi connectivity index (χ2v) is 5.77. The van der Waals surface area contributed by atoms with Gasteiger partial charge in [-0.1, -0.05) is 36.4 Å². The summed E-state index contributed by atoms with van der Waals surface area (Å²) in [5.74, 6) is 0.615. The molecule has 0 aliphatic rings. The fourth-order valence-electron chi connectivity index (χ4n) is 2.77. The molecule has 2 aromatic carbocycles. The van der Waals surface area contributed by atoms with Gasteiger partial charge in [-0.2, -0.15) is 0 Å². The Balaban J connectivity index is 0.00000192. The van der Waals surface area contributed by atoms with Gasteiger partial charge in [0.25, 0.3) is 0 Å². The number of rotatable bonds is 2. The predicted octanol–water partition coefficient (Wildman–Crippen LogP) is 4.26. The summed E-state index contributed by atoms with van der Waals surface area (Å²) in [5, 5.41) is 0.601. The first kappa shape index (κ1) is 16.9. The van der Waals surface area contributed by atoms with Crippen LogP contribution >= 0.6 is 0 Å². The van der Waals surface area contributed by atoms with E-state index in [4.69, 9.17) is 10.2 Å². The highest BCUT2D eigenvalue weighted by Gasteiger charge is 2.17. The molecule has 0 spiro atoms. The van der Waals surface area contributed by atoms with Crippen LogP contribution in [0.5, 0.6) is 0 Å². The van der Waals surface area contributed by atoms with Crippen LogP contribution in [0.4, 0.5) is 0 Å². The molecule has 0 amide bonds. The molecule has 0 saturated heterocycles. The third-order valence-corrected chi connectivity index (χ3v) is 3.92. The van der Waals surface area contributed by atoms with Crippen molar-refractivity contribution < 1.29 is 4.42 Å². The van der Waals surface area contributed by atoms with E-state index in [1.165, 1.54) is 0 Å². The molecule has 5 N–H and O–H groups in total. The molecule has 0 radical (unpaired) electrons. The lowest BCUT2D eigenvalue weighted by molar-refractivity contribution is 0.603. The van der Waals surface area contributed by atoms with E-state index < -0.39 is 0 Å². The zero-order valence-electron chi connectivity index (χ0n) is 13.7.